The molecule has 0 saturated carbocycles. The predicted molar refractivity (Wildman–Crippen MR) is 129 cm³/mol. The van der Waals surface area contributed by atoms with Gasteiger partial charge in [0, 0.05) is 31.7 Å². The molecule has 1 aromatic heterocycles. The Balaban J connectivity index is 1.35. The first-order valence-corrected chi connectivity index (χ1v) is 13.6. The van der Waals surface area contributed by atoms with E-state index in [0.29, 0.717) is 48.9 Å². The number of sulfonamides is 1. The van der Waals surface area contributed by atoms with Gasteiger partial charge in [-0.25, -0.2) is 8.42 Å². The zero-order chi connectivity index (χ0) is 23.3. The van der Waals surface area contributed by atoms with Crippen LogP contribution in [0.15, 0.2) is 51.7 Å². The normalized spacial score (nSPS) is 19.3. The van der Waals surface area contributed by atoms with Gasteiger partial charge in [-0.2, -0.15) is 0 Å². The summed E-state index contributed by atoms with van der Waals surface area (Å²) in [6.45, 7) is 1.66. The van der Waals surface area contributed by atoms with Crippen molar-refractivity contribution in [3.05, 3.63) is 46.7 Å². The van der Waals surface area contributed by atoms with Crippen LogP contribution in [0, 0.1) is 5.92 Å². The zero-order valence-electron chi connectivity index (χ0n) is 18.3. The van der Waals surface area contributed by atoms with Crippen molar-refractivity contribution in [1.29, 1.82) is 0 Å². The molecule has 33 heavy (non-hydrogen) atoms. The first kappa shape index (κ1) is 23.4. The Morgan fingerprint density at radius 2 is 1.88 bits per heavy atom. The summed E-state index contributed by atoms with van der Waals surface area (Å²) in [6.07, 6.45) is 5.04. The lowest BCUT2D eigenvalue weighted by molar-refractivity contribution is -0.121. The van der Waals surface area contributed by atoms with Gasteiger partial charge in [0.2, 0.25) is 5.91 Å². The monoisotopic (exact) mass is 488 g/mol. The maximum absolute atomic E-state index is 12.8. The minimum atomic E-state index is -3.72. The lowest BCUT2D eigenvalue weighted by Crippen LogP contribution is -2.43. The summed E-state index contributed by atoms with van der Waals surface area (Å²) in [5, 5.41) is 4.73. The second-order valence-electron chi connectivity index (χ2n) is 8.33. The maximum atomic E-state index is 12.8. The molecular formula is C23H28N4O4S2. The molecule has 1 aromatic carbocycles. The van der Waals surface area contributed by atoms with Crippen LogP contribution in [0.25, 0.3) is 0 Å². The maximum Gasteiger partial charge on any atom is 0.263 e. The molecule has 0 spiro atoms. The first-order valence-electron chi connectivity index (χ1n) is 11.2. The highest BCUT2D eigenvalue weighted by Crippen LogP contribution is 2.23. The Bertz CT molecular complexity index is 1110. The molecular weight excluding hydrogens is 460 g/mol. The summed E-state index contributed by atoms with van der Waals surface area (Å²) in [6, 6.07) is 9.75. The van der Waals surface area contributed by atoms with Crippen LogP contribution in [0.1, 0.15) is 48.2 Å². The molecule has 1 fully saturated rings. The fourth-order valence-corrected chi connectivity index (χ4v) is 5.84. The van der Waals surface area contributed by atoms with Crippen LogP contribution < -0.4 is 10.0 Å². The van der Waals surface area contributed by atoms with E-state index >= 15 is 0 Å². The standard InChI is InChI=1S/C23H28N4O4S2/c28-22(17-6-4-14-27(16-17)23(29)20-7-5-15-32-20)25-18-9-11-19(12-10-18)33(30,31)26-21-8-2-1-3-13-24-21/h5,7,9-12,15,17H,1-4,6,8,13-14,16H2,(H,24,26)(H,25,28). The molecule has 0 bridgehead atoms. The average molecular weight is 489 g/mol. The number of nitrogens with zero attached hydrogens (tertiary/aromatic N) is 2. The van der Waals surface area contributed by atoms with E-state index in [1.807, 2.05) is 11.4 Å². The minimum Gasteiger partial charge on any atom is -0.337 e. The van der Waals surface area contributed by atoms with E-state index in [1.165, 1.54) is 23.5 Å². The molecule has 2 aliphatic heterocycles. The van der Waals surface area contributed by atoms with Gasteiger partial charge in [0.15, 0.2) is 0 Å². The minimum absolute atomic E-state index is 0.0390. The number of hydrogen-bond acceptors (Lipinski definition) is 6. The Labute approximate surface area is 198 Å². The highest BCUT2D eigenvalue weighted by atomic mass is 32.2. The number of nitrogens with one attached hydrogen (secondary N) is 2. The van der Waals surface area contributed by atoms with Crippen LogP contribution >= 0.6 is 11.3 Å². The predicted octanol–water partition coefficient (Wildman–Crippen LogP) is 3.49. The van der Waals surface area contributed by atoms with E-state index in [-0.39, 0.29) is 22.6 Å². The number of amides is 2. The molecule has 8 nitrogen and oxygen atoms in total. The molecule has 1 saturated heterocycles. The van der Waals surface area contributed by atoms with Gasteiger partial charge in [0.1, 0.15) is 5.84 Å². The van der Waals surface area contributed by atoms with Crippen molar-refractivity contribution in [3.8, 4) is 0 Å². The van der Waals surface area contributed by atoms with Crippen LogP contribution in [0.2, 0.25) is 0 Å². The summed E-state index contributed by atoms with van der Waals surface area (Å²) in [5.41, 5.74) is 0.521. The summed E-state index contributed by atoms with van der Waals surface area (Å²) in [7, 11) is -3.72. The molecule has 0 aliphatic carbocycles. The molecule has 0 radical (unpaired) electrons. The fourth-order valence-electron chi connectivity index (χ4n) is 4.06. The number of rotatable bonds is 5. The Hall–Kier alpha value is -2.72. The molecule has 1 atom stereocenters. The van der Waals surface area contributed by atoms with Crippen molar-refractivity contribution >= 4 is 44.7 Å². The third kappa shape index (κ3) is 6.00. The summed E-state index contributed by atoms with van der Waals surface area (Å²) < 4.78 is 27.9. The van der Waals surface area contributed by atoms with Crippen LogP contribution in [0.4, 0.5) is 5.69 Å². The third-order valence-corrected chi connectivity index (χ3v) is 8.13. The van der Waals surface area contributed by atoms with E-state index in [4.69, 9.17) is 0 Å². The highest BCUT2D eigenvalue weighted by molar-refractivity contribution is 7.90. The molecule has 2 aliphatic rings. The number of hydrogen-bond donors (Lipinski definition) is 2. The number of thiophene rings is 1. The molecule has 1 unspecified atom stereocenters. The lowest BCUT2D eigenvalue weighted by atomic mass is 9.97. The number of likely N-dealkylation sites (tertiary alicyclic amines) is 1. The molecule has 2 amide bonds. The quantitative estimate of drug-likeness (QED) is 0.672. The number of carbonyl (C=O) groups excluding carboxylic acids is 2. The molecule has 2 aromatic rings. The smallest absolute Gasteiger partial charge is 0.263 e. The largest absolute Gasteiger partial charge is 0.337 e. The number of carbonyl (C=O) groups is 2. The molecule has 10 heteroatoms. The lowest BCUT2D eigenvalue weighted by Gasteiger charge is -2.31. The van der Waals surface area contributed by atoms with Gasteiger partial charge in [0.05, 0.1) is 15.7 Å². The average Bonchev–Trinajstić information content (AvgIpc) is 3.24. The molecule has 176 valence electrons. The van der Waals surface area contributed by atoms with Crippen molar-refractivity contribution in [2.75, 3.05) is 25.0 Å². The van der Waals surface area contributed by atoms with Gasteiger partial charge in [-0.15, -0.1) is 11.3 Å². The van der Waals surface area contributed by atoms with Crippen molar-refractivity contribution in [2.24, 2.45) is 10.9 Å². The number of anilines is 1. The van der Waals surface area contributed by atoms with Gasteiger partial charge in [-0.05, 0) is 61.4 Å². The number of amidine groups is 1. The molecule has 2 N–H and O–H groups in total. The topological polar surface area (TPSA) is 108 Å². The van der Waals surface area contributed by atoms with E-state index in [9.17, 15) is 18.0 Å². The molecule has 3 heterocycles. The second-order valence-corrected chi connectivity index (χ2v) is 11.0. The van der Waals surface area contributed by atoms with Crippen LogP contribution in [-0.2, 0) is 14.8 Å². The Morgan fingerprint density at radius 1 is 1.06 bits per heavy atom. The fraction of sp³-hybridized carbons (Fsp3) is 0.435. The zero-order valence-corrected chi connectivity index (χ0v) is 20.0. The van der Waals surface area contributed by atoms with Gasteiger partial charge < -0.3 is 10.2 Å². The Kier molecular flexibility index (Phi) is 7.44. The van der Waals surface area contributed by atoms with E-state index in [0.717, 1.165) is 25.7 Å². The van der Waals surface area contributed by atoms with Crippen molar-refractivity contribution in [3.63, 3.8) is 0 Å². The van der Waals surface area contributed by atoms with Crippen molar-refractivity contribution < 1.29 is 18.0 Å². The van der Waals surface area contributed by atoms with Crippen molar-refractivity contribution in [2.45, 2.75) is 43.4 Å². The van der Waals surface area contributed by atoms with Gasteiger partial charge in [-0.3, -0.25) is 19.3 Å². The van der Waals surface area contributed by atoms with Crippen LogP contribution in [-0.4, -0.2) is 50.6 Å². The van der Waals surface area contributed by atoms with Gasteiger partial charge >= 0.3 is 0 Å². The van der Waals surface area contributed by atoms with Crippen molar-refractivity contribution in [1.82, 2.24) is 9.62 Å². The number of benzene rings is 1. The number of piperidine rings is 1. The summed E-state index contributed by atoms with van der Waals surface area (Å²) in [4.78, 5) is 32.3. The first-order chi connectivity index (χ1) is 15.9. The van der Waals surface area contributed by atoms with E-state index in [2.05, 4.69) is 15.0 Å². The Morgan fingerprint density at radius 3 is 2.64 bits per heavy atom. The van der Waals surface area contributed by atoms with E-state index in [1.54, 1.807) is 23.1 Å². The molecule has 4 rings (SSSR count). The summed E-state index contributed by atoms with van der Waals surface area (Å²) in [5.74, 6) is -0.00660. The van der Waals surface area contributed by atoms with E-state index < -0.39 is 10.0 Å². The SMILES string of the molecule is O=C(Nc1ccc(S(=O)(=O)NC2=NCCCCC2)cc1)C1CCCN(C(=O)c2cccs2)C1. The second kappa shape index (κ2) is 10.5. The highest BCUT2D eigenvalue weighted by Gasteiger charge is 2.29. The van der Waals surface area contributed by atoms with Gasteiger partial charge in [-0.1, -0.05) is 12.5 Å². The van der Waals surface area contributed by atoms with Gasteiger partial charge in [0.25, 0.3) is 15.9 Å². The van der Waals surface area contributed by atoms with Crippen LogP contribution in [0.5, 0.6) is 0 Å². The van der Waals surface area contributed by atoms with Crippen LogP contribution in [0.3, 0.4) is 0 Å². The number of aliphatic imine (C=N–C) groups is 1. The summed E-state index contributed by atoms with van der Waals surface area (Å²) >= 11 is 1.40. The third-order valence-electron chi connectivity index (χ3n) is 5.87.